The van der Waals surface area contributed by atoms with E-state index in [9.17, 15) is 14.0 Å². The van der Waals surface area contributed by atoms with Crippen molar-refractivity contribution in [3.05, 3.63) is 55.4 Å². The van der Waals surface area contributed by atoms with Gasteiger partial charge in [0.1, 0.15) is 5.82 Å². The van der Waals surface area contributed by atoms with Crippen LogP contribution in [0.1, 0.15) is 5.56 Å². The normalized spacial score (nSPS) is 10.9. The molecule has 0 atom stereocenters. The molecule has 0 aliphatic carbocycles. The molecule has 0 bridgehead atoms. The van der Waals surface area contributed by atoms with Gasteiger partial charge in [0.05, 0.1) is 6.54 Å². The van der Waals surface area contributed by atoms with E-state index in [2.05, 4.69) is 10.9 Å². The first-order valence-corrected chi connectivity index (χ1v) is 7.90. The van der Waals surface area contributed by atoms with E-state index < -0.39 is 17.1 Å². The summed E-state index contributed by atoms with van der Waals surface area (Å²) in [6.07, 6.45) is 5.22. The van der Waals surface area contributed by atoms with Gasteiger partial charge in [-0.15, -0.1) is 6.42 Å². The lowest BCUT2D eigenvalue weighted by Crippen LogP contribution is -2.37. The van der Waals surface area contributed by atoms with Crippen LogP contribution in [0.5, 0.6) is 6.01 Å². The van der Waals surface area contributed by atoms with Gasteiger partial charge in [-0.05, 0) is 12.1 Å². The SMILES string of the molecule is C#CCOc1nc2c(c(=O)n(C)c(=O)n2C)n1Cc1c(F)cccc1Cl. The average molecular weight is 377 g/mol. The molecule has 0 saturated heterocycles. The van der Waals surface area contributed by atoms with Crippen molar-refractivity contribution in [2.45, 2.75) is 6.54 Å². The zero-order valence-corrected chi connectivity index (χ0v) is 14.7. The Bertz CT molecular complexity index is 1150. The first-order chi connectivity index (χ1) is 12.4. The Kier molecular flexibility index (Phi) is 4.57. The molecule has 2 heterocycles. The van der Waals surface area contributed by atoms with Crippen molar-refractivity contribution in [2.75, 3.05) is 6.61 Å². The third-order valence-electron chi connectivity index (χ3n) is 3.98. The Balaban J connectivity index is 2.33. The standard InChI is InChI=1S/C17H14ClFN4O3/c1-4-8-26-16-20-14-13(15(24)22(3)17(25)21(14)2)23(16)9-10-11(18)6-5-7-12(10)19/h1,5-7H,8-9H2,2-3H3. The van der Waals surface area contributed by atoms with Crippen LogP contribution in [-0.2, 0) is 20.6 Å². The number of fused-ring (bicyclic) bond motifs is 1. The Morgan fingerprint density at radius 3 is 2.69 bits per heavy atom. The van der Waals surface area contributed by atoms with Gasteiger partial charge >= 0.3 is 5.69 Å². The second kappa shape index (κ2) is 6.69. The molecule has 0 radical (unpaired) electrons. The number of halogens is 2. The summed E-state index contributed by atoms with van der Waals surface area (Å²) in [5.74, 6) is 1.76. The van der Waals surface area contributed by atoms with E-state index >= 15 is 0 Å². The monoisotopic (exact) mass is 376 g/mol. The molecule has 0 spiro atoms. The van der Waals surface area contributed by atoms with E-state index in [0.717, 1.165) is 4.57 Å². The number of benzene rings is 1. The highest BCUT2D eigenvalue weighted by Gasteiger charge is 2.21. The molecule has 3 rings (SSSR count). The first kappa shape index (κ1) is 17.8. The van der Waals surface area contributed by atoms with Crippen LogP contribution in [0.4, 0.5) is 4.39 Å². The number of aromatic nitrogens is 4. The minimum Gasteiger partial charge on any atom is -0.451 e. The second-order valence-electron chi connectivity index (χ2n) is 5.55. The molecule has 0 aliphatic rings. The van der Waals surface area contributed by atoms with Gasteiger partial charge in [-0.3, -0.25) is 18.5 Å². The van der Waals surface area contributed by atoms with Crippen LogP contribution in [0.15, 0.2) is 27.8 Å². The minimum absolute atomic E-state index is 0.00410. The Labute approximate surface area is 152 Å². The van der Waals surface area contributed by atoms with Crippen LogP contribution < -0.4 is 16.0 Å². The summed E-state index contributed by atoms with van der Waals surface area (Å²) in [7, 11) is 2.82. The molecule has 7 nitrogen and oxygen atoms in total. The quantitative estimate of drug-likeness (QED) is 0.643. The Hall–Kier alpha value is -3.05. The summed E-state index contributed by atoms with van der Waals surface area (Å²) in [5.41, 5.74) is -0.772. The average Bonchev–Trinajstić information content (AvgIpc) is 2.98. The smallest absolute Gasteiger partial charge is 0.332 e. The fraction of sp³-hybridized carbons (Fsp3) is 0.235. The van der Waals surface area contributed by atoms with Crippen molar-refractivity contribution in [1.82, 2.24) is 18.7 Å². The van der Waals surface area contributed by atoms with E-state index in [4.69, 9.17) is 22.8 Å². The molecule has 0 unspecified atom stereocenters. The predicted octanol–water partition coefficient (Wildman–Crippen LogP) is 1.29. The van der Waals surface area contributed by atoms with Gasteiger partial charge in [0.2, 0.25) is 0 Å². The van der Waals surface area contributed by atoms with Gasteiger partial charge in [-0.2, -0.15) is 4.98 Å². The van der Waals surface area contributed by atoms with Crippen molar-refractivity contribution in [3.63, 3.8) is 0 Å². The molecule has 3 aromatic rings. The third kappa shape index (κ3) is 2.76. The van der Waals surface area contributed by atoms with Gasteiger partial charge < -0.3 is 4.74 Å². The summed E-state index contributed by atoms with van der Waals surface area (Å²) < 4.78 is 23.1. The van der Waals surface area contributed by atoms with Crippen LogP contribution in [-0.4, -0.2) is 25.3 Å². The number of nitrogens with zero attached hydrogens (tertiary/aromatic N) is 4. The number of terminal acetylenes is 1. The number of ether oxygens (including phenoxy) is 1. The summed E-state index contributed by atoms with van der Waals surface area (Å²) in [6, 6.07) is 4.27. The zero-order chi connectivity index (χ0) is 19.0. The van der Waals surface area contributed by atoms with Crippen molar-refractivity contribution in [3.8, 4) is 18.4 Å². The van der Waals surface area contributed by atoms with Crippen molar-refractivity contribution < 1.29 is 9.13 Å². The maximum absolute atomic E-state index is 14.2. The van der Waals surface area contributed by atoms with Crippen molar-refractivity contribution in [2.24, 2.45) is 14.1 Å². The molecule has 26 heavy (non-hydrogen) atoms. The van der Waals surface area contributed by atoms with Gasteiger partial charge in [0.15, 0.2) is 17.8 Å². The summed E-state index contributed by atoms with van der Waals surface area (Å²) in [6.45, 7) is -0.224. The zero-order valence-electron chi connectivity index (χ0n) is 14.0. The highest BCUT2D eigenvalue weighted by molar-refractivity contribution is 6.31. The summed E-state index contributed by atoms with van der Waals surface area (Å²) >= 11 is 6.10. The van der Waals surface area contributed by atoms with Gasteiger partial charge in [0.25, 0.3) is 11.6 Å². The predicted molar refractivity (Wildman–Crippen MR) is 95.1 cm³/mol. The molecule has 0 N–H and O–H groups in total. The molecule has 0 amide bonds. The molecular formula is C17H14ClFN4O3. The Morgan fingerprint density at radius 2 is 2.04 bits per heavy atom. The number of hydrogen-bond acceptors (Lipinski definition) is 4. The van der Waals surface area contributed by atoms with Crippen LogP contribution in [0, 0.1) is 18.2 Å². The maximum atomic E-state index is 14.2. The lowest BCUT2D eigenvalue weighted by Gasteiger charge is -2.11. The summed E-state index contributed by atoms with van der Waals surface area (Å²) in [4.78, 5) is 29.0. The van der Waals surface area contributed by atoms with Crippen LogP contribution in [0.25, 0.3) is 11.2 Å². The third-order valence-corrected chi connectivity index (χ3v) is 4.33. The van der Waals surface area contributed by atoms with E-state index in [1.165, 1.54) is 41.4 Å². The molecule has 9 heteroatoms. The van der Waals surface area contributed by atoms with E-state index in [1.54, 1.807) is 0 Å². The molecule has 0 aliphatic heterocycles. The molecular weight excluding hydrogens is 363 g/mol. The minimum atomic E-state index is -0.585. The van der Waals surface area contributed by atoms with Crippen molar-refractivity contribution in [1.29, 1.82) is 0 Å². The molecule has 0 saturated carbocycles. The highest BCUT2D eigenvalue weighted by Crippen LogP contribution is 2.25. The van der Waals surface area contributed by atoms with Crippen LogP contribution >= 0.6 is 11.6 Å². The largest absolute Gasteiger partial charge is 0.451 e. The lowest BCUT2D eigenvalue weighted by molar-refractivity contribution is 0.326. The number of imidazole rings is 1. The van der Waals surface area contributed by atoms with Gasteiger partial charge in [-0.25, -0.2) is 9.18 Å². The number of rotatable bonds is 4. The molecule has 134 valence electrons. The molecule has 2 aromatic heterocycles. The van der Waals surface area contributed by atoms with E-state index in [0.29, 0.717) is 0 Å². The van der Waals surface area contributed by atoms with Crippen molar-refractivity contribution >= 4 is 22.8 Å². The fourth-order valence-corrected chi connectivity index (χ4v) is 2.85. The van der Waals surface area contributed by atoms with Gasteiger partial charge in [-0.1, -0.05) is 23.6 Å². The van der Waals surface area contributed by atoms with E-state index in [-0.39, 0.29) is 40.9 Å². The van der Waals surface area contributed by atoms with Crippen LogP contribution in [0.3, 0.4) is 0 Å². The summed E-state index contributed by atoms with van der Waals surface area (Å²) in [5, 5.41) is 0.191. The highest BCUT2D eigenvalue weighted by atomic mass is 35.5. The Morgan fingerprint density at radius 1 is 1.31 bits per heavy atom. The van der Waals surface area contributed by atoms with E-state index in [1.807, 2.05) is 0 Å². The lowest BCUT2D eigenvalue weighted by atomic mass is 10.2. The molecule has 0 fully saturated rings. The second-order valence-corrected chi connectivity index (χ2v) is 5.96. The van der Waals surface area contributed by atoms with Gasteiger partial charge in [0, 0.05) is 24.7 Å². The van der Waals surface area contributed by atoms with Crippen LogP contribution in [0.2, 0.25) is 5.02 Å². The fourth-order valence-electron chi connectivity index (χ4n) is 2.63. The number of hydrogen-bond donors (Lipinski definition) is 0. The number of aryl methyl sites for hydroxylation is 1. The molecule has 1 aromatic carbocycles. The maximum Gasteiger partial charge on any atom is 0.332 e. The first-order valence-electron chi connectivity index (χ1n) is 7.52. The topological polar surface area (TPSA) is 71.1 Å².